The van der Waals surface area contributed by atoms with E-state index in [4.69, 9.17) is 16.3 Å². The summed E-state index contributed by atoms with van der Waals surface area (Å²) in [6.45, 7) is 1.92. The molecular formula is C16H15ClF2O. The van der Waals surface area contributed by atoms with Crippen LogP contribution in [0, 0.1) is 18.6 Å². The largest absolute Gasteiger partial charge is 0.496 e. The molecule has 0 spiro atoms. The first kappa shape index (κ1) is 14.8. The molecule has 0 bridgehead atoms. The molecule has 1 atom stereocenters. The molecule has 0 radical (unpaired) electrons. The Labute approximate surface area is 122 Å². The molecule has 4 heteroatoms. The third kappa shape index (κ3) is 3.10. The van der Waals surface area contributed by atoms with Crippen molar-refractivity contribution in [1.29, 1.82) is 0 Å². The van der Waals surface area contributed by atoms with Gasteiger partial charge in [0.15, 0.2) is 0 Å². The SMILES string of the molecule is COc1cc(C(Cl)Cc2c(F)cccc2F)ccc1C. The molecule has 0 heterocycles. The summed E-state index contributed by atoms with van der Waals surface area (Å²) >= 11 is 6.28. The summed E-state index contributed by atoms with van der Waals surface area (Å²) in [4.78, 5) is 0. The van der Waals surface area contributed by atoms with Gasteiger partial charge in [0.05, 0.1) is 12.5 Å². The molecule has 20 heavy (non-hydrogen) atoms. The van der Waals surface area contributed by atoms with Crippen LogP contribution in [0.4, 0.5) is 8.78 Å². The average Bonchev–Trinajstić information content (AvgIpc) is 2.43. The van der Waals surface area contributed by atoms with Crippen LogP contribution in [0.2, 0.25) is 0 Å². The highest BCUT2D eigenvalue weighted by atomic mass is 35.5. The molecule has 1 nitrogen and oxygen atoms in total. The lowest BCUT2D eigenvalue weighted by Crippen LogP contribution is -2.02. The van der Waals surface area contributed by atoms with Crippen molar-refractivity contribution in [3.8, 4) is 5.75 Å². The van der Waals surface area contributed by atoms with Gasteiger partial charge in [0.2, 0.25) is 0 Å². The number of ether oxygens (including phenoxy) is 1. The van der Waals surface area contributed by atoms with Gasteiger partial charge in [-0.2, -0.15) is 0 Å². The first-order valence-corrected chi connectivity index (χ1v) is 6.68. The Morgan fingerprint density at radius 1 is 1.15 bits per heavy atom. The lowest BCUT2D eigenvalue weighted by Gasteiger charge is -2.13. The highest BCUT2D eigenvalue weighted by Crippen LogP contribution is 2.30. The quantitative estimate of drug-likeness (QED) is 0.736. The van der Waals surface area contributed by atoms with Crippen molar-refractivity contribution in [1.82, 2.24) is 0 Å². The molecule has 0 saturated heterocycles. The van der Waals surface area contributed by atoms with Gasteiger partial charge in [-0.3, -0.25) is 0 Å². The molecule has 2 aromatic rings. The van der Waals surface area contributed by atoms with Crippen molar-refractivity contribution < 1.29 is 13.5 Å². The van der Waals surface area contributed by atoms with Crippen molar-refractivity contribution in [2.75, 3.05) is 7.11 Å². The fraction of sp³-hybridized carbons (Fsp3) is 0.250. The number of methoxy groups -OCH3 is 1. The second-order valence-corrected chi connectivity index (χ2v) is 5.13. The van der Waals surface area contributed by atoms with Gasteiger partial charge in [-0.1, -0.05) is 18.2 Å². The topological polar surface area (TPSA) is 9.23 Å². The summed E-state index contributed by atoms with van der Waals surface area (Å²) in [5, 5.41) is -0.518. The summed E-state index contributed by atoms with van der Waals surface area (Å²) in [5.41, 5.74) is 1.76. The van der Waals surface area contributed by atoms with E-state index in [-0.39, 0.29) is 12.0 Å². The number of alkyl halides is 1. The Morgan fingerprint density at radius 2 is 1.80 bits per heavy atom. The molecule has 0 aliphatic carbocycles. The molecule has 0 aliphatic heterocycles. The van der Waals surface area contributed by atoms with Crippen LogP contribution in [-0.2, 0) is 6.42 Å². The van der Waals surface area contributed by atoms with E-state index in [9.17, 15) is 8.78 Å². The summed E-state index contributed by atoms with van der Waals surface area (Å²) in [5.74, 6) is -0.438. The third-order valence-corrected chi connectivity index (χ3v) is 3.65. The van der Waals surface area contributed by atoms with Gasteiger partial charge in [-0.25, -0.2) is 8.78 Å². The number of hydrogen-bond acceptors (Lipinski definition) is 1. The monoisotopic (exact) mass is 296 g/mol. The molecule has 0 saturated carbocycles. The predicted octanol–water partition coefficient (Wildman–Crippen LogP) is 4.80. The average molecular weight is 297 g/mol. The lowest BCUT2D eigenvalue weighted by atomic mass is 10.0. The maximum absolute atomic E-state index is 13.6. The third-order valence-electron chi connectivity index (χ3n) is 3.24. The van der Waals surface area contributed by atoms with Crippen LogP contribution in [0.5, 0.6) is 5.75 Å². The van der Waals surface area contributed by atoms with Gasteiger partial charge in [0, 0.05) is 5.56 Å². The van der Waals surface area contributed by atoms with Crippen LogP contribution < -0.4 is 4.74 Å². The molecule has 0 fully saturated rings. The zero-order valence-corrected chi connectivity index (χ0v) is 12.0. The van der Waals surface area contributed by atoms with E-state index in [2.05, 4.69) is 0 Å². The normalized spacial score (nSPS) is 12.2. The standard InChI is InChI=1S/C16H15ClF2O/c1-10-6-7-11(8-16(10)20-2)13(17)9-12-14(18)4-3-5-15(12)19/h3-8,13H,9H2,1-2H3. The molecular weight excluding hydrogens is 282 g/mol. The van der Waals surface area contributed by atoms with E-state index in [0.717, 1.165) is 11.1 Å². The number of hydrogen-bond donors (Lipinski definition) is 0. The summed E-state index contributed by atoms with van der Waals surface area (Å²) in [7, 11) is 1.58. The van der Waals surface area contributed by atoms with Crippen molar-refractivity contribution in [2.24, 2.45) is 0 Å². The minimum atomic E-state index is -0.574. The predicted molar refractivity (Wildman–Crippen MR) is 76.4 cm³/mol. The number of benzene rings is 2. The first-order valence-electron chi connectivity index (χ1n) is 6.24. The fourth-order valence-corrected chi connectivity index (χ4v) is 2.35. The van der Waals surface area contributed by atoms with Crippen molar-refractivity contribution in [3.05, 3.63) is 64.7 Å². The maximum atomic E-state index is 13.6. The molecule has 0 amide bonds. The number of halogens is 3. The van der Waals surface area contributed by atoms with Crippen LogP contribution in [0.3, 0.4) is 0 Å². The number of aryl methyl sites for hydroxylation is 1. The molecule has 0 aliphatic rings. The molecule has 2 rings (SSSR count). The smallest absolute Gasteiger partial charge is 0.129 e. The first-order chi connectivity index (χ1) is 9.52. The van der Waals surface area contributed by atoms with Crippen LogP contribution >= 0.6 is 11.6 Å². The van der Waals surface area contributed by atoms with Gasteiger partial charge in [0.1, 0.15) is 17.4 Å². The van der Waals surface area contributed by atoms with Crippen LogP contribution in [0.1, 0.15) is 22.1 Å². The van der Waals surface area contributed by atoms with E-state index in [1.54, 1.807) is 13.2 Å². The fourth-order valence-electron chi connectivity index (χ4n) is 2.06. The Balaban J connectivity index is 2.26. The summed E-state index contributed by atoms with van der Waals surface area (Å²) < 4.78 is 32.5. The zero-order chi connectivity index (χ0) is 14.7. The van der Waals surface area contributed by atoms with Crippen molar-refractivity contribution in [3.63, 3.8) is 0 Å². The Morgan fingerprint density at radius 3 is 2.40 bits per heavy atom. The Kier molecular flexibility index (Phi) is 4.61. The Bertz CT molecular complexity index is 593. The van der Waals surface area contributed by atoms with Gasteiger partial charge in [-0.15, -0.1) is 11.6 Å². The molecule has 2 aromatic carbocycles. The van der Waals surface area contributed by atoms with E-state index in [0.29, 0.717) is 5.75 Å². The second kappa shape index (κ2) is 6.23. The number of rotatable bonds is 4. The van der Waals surface area contributed by atoms with Crippen molar-refractivity contribution >= 4 is 11.6 Å². The van der Waals surface area contributed by atoms with E-state index >= 15 is 0 Å². The minimum absolute atomic E-state index is 0.00652. The molecule has 1 unspecified atom stereocenters. The second-order valence-electron chi connectivity index (χ2n) is 4.60. The highest BCUT2D eigenvalue weighted by molar-refractivity contribution is 6.21. The van der Waals surface area contributed by atoms with Crippen LogP contribution in [-0.4, -0.2) is 7.11 Å². The van der Waals surface area contributed by atoms with E-state index in [1.165, 1.54) is 18.2 Å². The van der Waals surface area contributed by atoms with Gasteiger partial charge >= 0.3 is 0 Å². The van der Waals surface area contributed by atoms with Gasteiger partial charge < -0.3 is 4.74 Å². The zero-order valence-electron chi connectivity index (χ0n) is 11.3. The van der Waals surface area contributed by atoms with E-state index in [1.807, 2.05) is 19.1 Å². The van der Waals surface area contributed by atoms with Crippen molar-refractivity contribution in [2.45, 2.75) is 18.7 Å². The molecule has 0 N–H and O–H groups in total. The molecule has 0 aromatic heterocycles. The van der Waals surface area contributed by atoms with Gasteiger partial charge in [0.25, 0.3) is 0 Å². The maximum Gasteiger partial charge on any atom is 0.129 e. The van der Waals surface area contributed by atoms with Crippen LogP contribution in [0.15, 0.2) is 36.4 Å². The Hall–Kier alpha value is -1.61. The lowest BCUT2D eigenvalue weighted by molar-refractivity contribution is 0.411. The summed E-state index contributed by atoms with van der Waals surface area (Å²) in [6, 6.07) is 9.32. The summed E-state index contributed by atoms with van der Waals surface area (Å²) in [6.07, 6.45) is 0.0896. The van der Waals surface area contributed by atoms with Crippen LogP contribution in [0.25, 0.3) is 0 Å². The highest BCUT2D eigenvalue weighted by Gasteiger charge is 2.16. The van der Waals surface area contributed by atoms with E-state index < -0.39 is 17.0 Å². The molecule has 106 valence electrons. The van der Waals surface area contributed by atoms with Gasteiger partial charge in [-0.05, 0) is 42.7 Å². The minimum Gasteiger partial charge on any atom is -0.496 e.